The lowest BCUT2D eigenvalue weighted by Gasteiger charge is -2.32. The second-order valence-corrected chi connectivity index (χ2v) is 4.20. The van der Waals surface area contributed by atoms with E-state index in [4.69, 9.17) is 0 Å². The number of nitrogens with zero attached hydrogens (tertiary/aromatic N) is 2. The van der Waals surface area contributed by atoms with Crippen molar-refractivity contribution in [2.24, 2.45) is 0 Å². The van der Waals surface area contributed by atoms with Gasteiger partial charge in [-0.25, -0.2) is 0 Å². The minimum atomic E-state index is 0.748. The van der Waals surface area contributed by atoms with Crippen LogP contribution in [-0.4, -0.2) is 29.1 Å². The lowest BCUT2D eigenvalue weighted by molar-refractivity contribution is 0.187. The number of rotatable bonds is 3. The summed E-state index contributed by atoms with van der Waals surface area (Å²) in [6.07, 6.45) is 8.30. The van der Waals surface area contributed by atoms with Crippen LogP contribution in [0.15, 0.2) is 24.5 Å². The third-order valence-corrected chi connectivity index (χ3v) is 3.15. The molecule has 0 aliphatic carbocycles. The van der Waals surface area contributed by atoms with Gasteiger partial charge in [0, 0.05) is 31.5 Å². The van der Waals surface area contributed by atoms with Crippen LogP contribution in [0.25, 0.3) is 0 Å². The van der Waals surface area contributed by atoms with Gasteiger partial charge in [-0.15, -0.1) is 0 Å². The molecule has 2 rings (SSSR count). The molecule has 78 valence electrons. The van der Waals surface area contributed by atoms with Gasteiger partial charge in [0.25, 0.3) is 0 Å². The van der Waals surface area contributed by atoms with Crippen molar-refractivity contribution in [1.82, 2.24) is 9.47 Å². The monoisotopic (exact) mass is 192 g/mol. The Bertz CT molecular complexity index is 245. The van der Waals surface area contributed by atoms with Crippen LogP contribution >= 0.6 is 0 Å². The van der Waals surface area contributed by atoms with Crippen LogP contribution < -0.4 is 0 Å². The fourth-order valence-electron chi connectivity index (χ4n) is 2.35. The Labute approximate surface area is 86.5 Å². The van der Waals surface area contributed by atoms with Crippen LogP contribution in [0.5, 0.6) is 0 Å². The van der Waals surface area contributed by atoms with Crippen molar-refractivity contribution in [3.05, 3.63) is 24.5 Å². The van der Waals surface area contributed by atoms with Crippen LogP contribution in [-0.2, 0) is 0 Å². The summed E-state index contributed by atoms with van der Waals surface area (Å²) in [4.78, 5) is 2.58. The number of hydrogen-bond donors (Lipinski definition) is 0. The number of piperidine rings is 1. The molecule has 2 heteroatoms. The van der Waals surface area contributed by atoms with E-state index in [0.29, 0.717) is 0 Å². The molecule has 0 aromatic carbocycles. The summed E-state index contributed by atoms with van der Waals surface area (Å²) < 4.78 is 2.36. The highest BCUT2D eigenvalue weighted by Gasteiger charge is 2.18. The lowest BCUT2D eigenvalue weighted by atomic mass is 10.0. The van der Waals surface area contributed by atoms with Crippen molar-refractivity contribution in [3.63, 3.8) is 0 Å². The molecular formula is C12H20N2. The van der Waals surface area contributed by atoms with E-state index in [0.717, 1.165) is 6.04 Å². The molecule has 1 aromatic rings. The van der Waals surface area contributed by atoms with Gasteiger partial charge in [0.15, 0.2) is 0 Å². The summed E-state index contributed by atoms with van der Waals surface area (Å²) in [7, 11) is 0. The number of hydrogen-bond acceptors (Lipinski definition) is 1. The highest BCUT2D eigenvalue weighted by atomic mass is 15.1. The quantitative estimate of drug-likeness (QED) is 0.714. The molecule has 0 bridgehead atoms. The molecule has 1 fully saturated rings. The van der Waals surface area contributed by atoms with E-state index in [1.54, 1.807) is 0 Å². The van der Waals surface area contributed by atoms with Gasteiger partial charge in [-0.2, -0.15) is 0 Å². The zero-order valence-corrected chi connectivity index (χ0v) is 9.02. The topological polar surface area (TPSA) is 8.17 Å². The second kappa shape index (κ2) is 4.65. The maximum atomic E-state index is 2.58. The first kappa shape index (κ1) is 9.78. The van der Waals surface area contributed by atoms with Crippen LogP contribution in [0, 0.1) is 0 Å². The maximum absolute atomic E-state index is 2.58. The average Bonchev–Trinajstić information content (AvgIpc) is 2.72. The molecular weight excluding hydrogens is 172 g/mol. The standard InChI is InChI=1S/C12H20N2/c1-2-7-13-10-5-12(6-11-13)14-8-3-4-9-14/h3-4,8-9,12H,2,5-7,10-11H2,1H3. The predicted molar refractivity (Wildman–Crippen MR) is 59.4 cm³/mol. The molecule has 14 heavy (non-hydrogen) atoms. The summed E-state index contributed by atoms with van der Waals surface area (Å²) in [6.45, 7) is 6.09. The Morgan fingerprint density at radius 1 is 1.14 bits per heavy atom. The van der Waals surface area contributed by atoms with Crippen molar-refractivity contribution in [3.8, 4) is 0 Å². The SMILES string of the molecule is CCCN1CCC(n2cccc2)CC1. The molecule has 0 N–H and O–H groups in total. The van der Waals surface area contributed by atoms with Gasteiger partial charge in [-0.3, -0.25) is 0 Å². The van der Waals surface area contributed by atoms with Gasteiger partial charge in [0.05, 0.1) is 0 Å². The largest absolute Gasteiger partial charge is 0.351 e. The minimum Gasteiger partial charge on any atom is -0.351 e. The molecule has 1 saturated heterocycles. The van der Waals surface area contributed by atoms with Crippen LogP contribution in [0.3, 0.4) is 0 Å². The average molecular weight is 192 g/mol. The Hall–Kier alpha value is -0.760. The van der Waals surface area contributed by atoms with Crippen molar-refractivity contribution >= 4 is 0 Å². The molecule has 0 amide bonds. The third kappa shape index (κ3) is 2.18. The zero-order chi connectivity index (χ0) is 9.80. The highest BCUT2D eigenvalue weighted by Crippen LogP contribution is 2.22. The summed E-state index contributed by atoms with van der Waals surface area (Å²) in [5.41, 5.74) is 0. The summed E-state index contributed by atoms with van der Waals surface area (Å²) in [5, 5.41) is 0. The van der Waals surface area contributed by atoms with E-state index in [1.807, 2.05) is 0 Å². The van der Waals surface area contributed by atoms with Gasteiger partial charge in [0.1, 0.15) is 0 Å². The Kier molecular flexibility index (Phi) is 3.25. The molecule has 2 nitrogen and oxygen atoms in total. The first-order chi connectivity index (χ1) is 6.90. The van der Waals surface area contributed by atoms with E-state index < -0.39 is 0 Å². The molecule has 0 atom stereocenters. The Morgan fingerprint density at radius 2 is 1.79 bits per heavy atom. The molecule has 0 radical (unpaired) electrons. The van der Waals surface area contributed by atoms with Crippen LogP contribution in [0.2, 0.25) is 0 Å². The lowest BCUT2D eigenvalue weighted by Crippen LogP contribution is -2.34. The van der Waals surface area contributed by atoms with E-state index in [-0.39, 0.29) is 0 Å². The molecule has 2 heterocycles. The van der Waals surface area contributed by atoms with Crippen LogP contribution in [0.1, 0.15) is 32.2 Å². The number of likely N-dealkylation sites (tertiary alicyclic amines) is 1. The molecule has 0 unspecified atom stereocenters. The molecule has 0 saturated carbocycles. The highest BCUT2D eigenvalue weighted by molar-refractivity contribution is 4.94. The van der Waals surface area contributed by atoms with Crippen molar-refractivity contribution in [1.29, 1.82) is 0 Å². The fraction of sp³-hybridized carbons (Fsp3) is 0.667. The van der Waals surface area contributed by atoms with Gasteiger partial charge in [-0.05, 0) is 37.9 Å². The summed E-state index contributed by atoms with van der Waals surface area (Å²) in [6, 6.07) is 5.00. The van der Waals surface area contributed by atoms with Crippen molar-refractivity contribution in [2.75, 3.05) is 19.6 Å². The third-order valence-electron chi connectivity index (χ3n) is 3.15. The fourth-order valence-corrected chi connectivity index (χ4v) is 2.35. The van der Waals surface area contributed by atoms with E-state index in [9.17, 15) is 0 Å². The molecule has 0 spiro atoms. The van der Waals surface area contributed by atoms with Crippen molar-refractivity contribution < 1.29 is 0 Å². The molecule has 1 aromatic heterocycles. The molecule has 1 aliphatic heterocycles. The second-order valence-electron chi connectivity index (χ2n) is 4.20. The van der Waals surface area contributed by atoms with Gasteiger partial charge in [0.2, 0.25) is 0 Å². The minimum absolute atomic E-state index is 0.748. The van der Waals surface area contributed by atoms with E-state index >= 15 is 0 Å². The van der Waals surface area contributed by atoms with Crippen molar-refractivity contribution in [2.45, 2.75) is 32.2 Å². The predicted octanol–water partition coefficient (Wildman–Crippen LogP) is 2.54. The van der Waals surface area contributed by atoms with E-state index in [1.165, 1.54) is 38.9 Å². The molecule has 1 aliphatic rings. The smallest absolute Gasteiger partial charge is 0.0355 e. The zero-order valence-electron chi connectivity index (χ0n) is 9.02. The Balaban J connectivity index is 1.84. The van der Waals surface area contributed by atoms with E-state index in [2.05, 4.69) is 40.9 Å². The maximum Gasteiger partial charge on any atom is 0.0355 e. The normalized spacial score (nSPS) is 20.1. The summed E-state index contributed by atoms with van der Waals surface area (Å²) >= 11 is 0. The van der Waals surface area contributed by atoms with Gasteiger partial charge in [-0.1, -0.05) is 6.92 Å². The first-order valence-electron chi connectivity index (χ1n) is 5.75. The Morgan fingerprint density at radius 3 is 2.36 bits per heavy atom. The first-order valence-corrected chi connectivity index (χ1v) is 5.75. The van der Waals surface area contributed by atoms with Gasteiger partial charge >= 0.3 is 0 Å². The summed E-state index contributed by atoms with van der Waals surface area (Å²) in [5.74, 6) is 0. The van der Waals surface area contributed by atoms with Crippen LogP contribution in [0.4, 0.5) is 0 Å². The van der Waals surface area contributed by atoms with Gasteiger partial charge < -0.3 is 9.47 Å². The number of aromatic nitrogens is 1.